The average Bonchev–Trinajstić information content (AvgIpc) is 2.13. The molecule has 1 aliphatic carbocycles. The molecule has 1 aliphatic rings. The average molecular weight is 239 g/mol. The lowest BCUT2D eigenvalue weighted by Crippen LogP contribution is -2.40. The smallest absolute Gasteiger partial charge is 0.225 e. The zero-order chi connectivity index (χ0) is 12.8. The van der Waals surface area contributed by atoms with Crippen LogP contribution in [0.3, 0.4) is 0 Å². The minimum atomic E-state index is 0.356. The molecule has 0 atom stereocenters. The van der Waals surface area contributed by atoms with Crippen LogP contribution in [-0.4, -0.2) is 23.9 Å². The van der Waals surface area contributed by atoms with Gasteiger partial charge in [0.25, 0.3) is 0 Å². The molecule has 0 saturated heterocycles. The van der Waals surface area contributed by atoms with E-state index in [9.17, 15) is 4.79 Å². The molecule has 100 valence electrons. The first-order valence-corrected chi connectivity index (χ1v) is 7.29. The predicted octanol–water partition coefficient (Wildman–Crippen LogP) is 3.71. The van der Waals surface area contributed by atoms with Crippen LogP contribution in [0.1, 0.15) is 59.8 Å². The van der Waals surface area contributed by atoms with Crippen molar-refractivity contribution in [1.82, 2.24) is 4.90 Å². The summed E-state index contributed by atoms with van der Waals surface area (Å²) < 4.78 is 0. The SMILES string of the molecule is CC(C)CCN(CCC(C)C)C(=O)C1CCC1. The molecular formula is C15H29NO. The van der Waals surface area contributed by atoms with E-state index < -0.39 is 0 Å². The molecule has 0 unspecified atom stereocenters. The van der Waals surface area contributed by atoms with Crippen molar-refractivity contribution in [3.63, 3.8) is 0 Å². The van der Waals surface area contributed by atoms with Gasteiger partial charge in [0.2, 0.25) is 5.91 Å². The van der Waals surface area contributed by atoms with Crippen molar-refractivity contribution in [2.45, 2.75) is 59.8 Å². The van der Waals surface area contributed by atoms with E-state index in [1.807, 2.05) is 0 Å². The van der Waals surface area contributed by atoms with Gasteiger partial charge in [0.15, 0.2) is 0 Å². The lowest BCUT2D eigenvalue weighted by atomic mass is 9.84. The van der Waals surface area contributed by atoms with E-state index >= 15 is 0 Å². The van der Waals surface area contributed by atoms with Gasteiger partial charge in [-0.1, -0.05) is 34.1 Å². The Hall–Kier alpha value is -0.530. The van der Waals surface area contributed by atoms with Crippen LogP contribution in [0.2, 0.25) is 0 Å². The Morgan fingerprint density at radius 3 is 1.82 bits per heavy atom. The van der Waals surface area contributed by atoms with Gasteiger partial charge in [-0.2, -0.15) is 0 Å². The van der Waals surface area contributed by atoms with Crippen molar-refractivity contribution < 1.29 is 4.79 Å². The van der Waals surface area contributed by atoms with Crippen molar-refractivity contribution in [1.29, 1.82) is 0 Å². The summed E-state index contributed by atoms with van der Waals surface area (Å²) in [6.07, 6.45) is 5.77. The summed E-state index contributed by atoms with van der Waals surface area (Å²) in [6.45, 7) is 10.8. The second-order valence-electron chi connectivity index (χ2n) is 6.32. The normalized spacial score (nSPS) is 16.4. The number of rotatable bonds is 7. The third kappa shape index (κ3) is 5.10. The summed E-state index contributed by atoms with van der Waals surface area (Å²) in [6, 6.07) is 0. The van der Waals surface area contributed by atoms with Crippen LogP contribution in [-0.2, 0) is 4.79 Å². The van der Waals surface area contributed by atoms with E-state index in [1.54, 1.807) is 0 Å². The summed E-state index contributed by atoms with van der Waals surface area (Å²) in [4.78, 5) is 14.4. The molecule has 0 spiro atoms. The Morgan fingerprint density at radius 1 is 1.06 bits per heavy atom. The molecule has 1 saturated carbocycles. The van der Waals surface area contributed by atoms with Gasteiger partial charge in [-0.15, -0.1) is 0 Å². The standard InChI is InChI=1S/C15H29NO/c1-12(2)8-10-16(11-9-13(3)4)15(17)14-6-5-7-14/h12-14H,5-11H2,1-4H3. The number of hydrogen-bond acceptors (Lipinski definition) is 1. The lowest BCUT2D eigenvalue weighted by molar-refractivity contribution is -0.138. The third-order valence-corrected chi connectivity index (χ3v) is 3.72. The fourth-order valence-corrected chi connectivity index (χ4v) is 2.07. The highest BCUT2D eigenvalue weighted by molar-refractivity contribution is 5.79. The number of nitrogens with zero attached hydrogens (tertiary/aromatic N) is 1. The molecule has 0 aliphatic heterocycles. The quantitative estimate of drug-likeness (QED) is 0.663. The van der Waals surface area contributed by atoms with E-state index in [1.165, 1.54) is 6.42 Å². The van der Waals surface area contributed by atoms with Crippen LogP contribution >= 0.6 is 0 Å². The number of hydrogen-bond donors (Lipinski definition) is 0. The van der Waals surface area contributed by atoms with Crippen LogP contribution in [0.4, 0.5) is 0 Å². The van der Waals surface area contributed by atoms with Gasteiger partial charge in [0.1, 0.15) is 0 Å². The number of amides is 1. The molecule has 2 heteroatoms. The minimum absolute atomic E-state index is 0.356. The Morgan fingerprint density at radius 2 is 1.53 bits per heavy atom. The van der Waals surface area contributed by atoms with Gasteiger partial charge in [0.05, 0.1) is 0 Å². The zero-order valence-corrected chi connectivity index (χ0v) is 12.0. The molecule has 0 bridgehead atoms. The molecule has 0 radical (unpaired) electrons. The van der Waals surface area contributed by atoms with Gasteiger partial charge in [-0.3, -0.25) is 4.79 Å². The van der Waals surface area contributed by atoms with E-state index in [-0.39, 0.29) is 0 Å². The Balaban J connectivity index is 2.41. The molecule has 0 aromatic carbocycles. The summed E-state index contributed by atoms with van der Waals surface area (Å²) >= 11 is 0. The second kappa shape index (κ2) is 7.03. The number of carbonyl (C=O) groups is 1. The van der Waals surface area contributed by atoms with Gasteiger partial charge < -0.3 is 4.90 Å². The van der Waals surface area contributed by atoms with Crippen LogP contribution in [0.15, 0.2) is 0 Å². The molecule has 2 nitrogen and oxygen atoms in total. The van der Waals surface area contributed by atoms with E-state index in [0.29, 0.717) is 23.7 Å². The molecule has 1 rings (SSSR count). The topological polar surface area (TPSA) is 20.3 Å². The van der Waals surface area contributed by atoms with Crippen LogP contribution < -0.4 is 0 Å². The maximum Gasteiger partial charge on any atom is 0.225 e. The van der Waals surface area contributed by atoms with Crippen LogP contribution in [0.25, 0.3) is 0 Å². The number of carbonyl (C=O) groups excluding carboxylic acids is 1. The molecular weight excluding hydrogens is 210 g/mol. The molecule has 1 amide bonds. The first-order chi connectivity index (χ1) is 8.00. The lowest BCUT2D eigenvalue weighted by Gasteiger charge is -2.32. The first-order valence-electron chi connectivity index (χ1n) is 7.29. The van der Waals surface area contributed by atoms with Crippen LogP contribution in [0.5, 0.6) is 0 Å². The minimum Gasteiger partial charge on any atom is -0.342 e. The monoisotopic (exact) mass is 239 g/mol. The van der Waals surface area contributed by atoms with Gasteiger partial charge >= 0.3 is 0 Å². The Bertz CT molecular complexity index is 219. The molecule has 0 N–H and O–H groups in total. The highest BCUT2D eigenvalue weighted by Gasteiger charge is 2.29. The maximum absolute atomic E-state index is 12.3. The summed E-state index contributed by atoms with van der Waals surface area (Å²) in [5.74, 6) is 2.16. The molecule has 17 heavy (non-hydrogen) atoms. The zero-order valence-electron chi connectivity index (χ0n) is 12.0. The summed E-state index contributed by atoms with van der Waals surface area (Å²) in [7, 11) is 0. The van der Waals surface area contributed by atoms with Gasteiger partial charge in [0, 0.05) is 19.0 Å². The molecule has 0 aromatic rings. The maximum atomic E-state index is 12.3. The molecule has 0 heterocycles. The van der Waals surface area contributed by atoms with E-state index in [4.69, 9.17) is 0 Å². The highest BCUT2D eigenvalue weighted by Crippen LogP contribution is 2.28. The second-order valence-corrected chi connectivity index (χ2v) is 6.32. The van der Waals surface area contributed by atoms with Crippen molar-refractivity contribution in [2.75, 3.05) is 13.1 Å². The molecule has 1 fully saturated rings. The summed E-state index contributed by atoms with van der Waals surface area (Å²) in [5.41, 5.74) is 0. The van der Waals surface area contributed by atoms with Crippen molar-refractivity contribution >= 4 is 5.91 Å². The summed E-state index contributed by atoms with van der Waals surface area (Å²) in [5, 5.41) is 0. The van der Waals surface area contributed by atoms with E-state index in [0.717, 1.165) is 38.8 Å². The first kappa shape index (κ1) is 14.5. The van der Waals surface area contributed by atoms with Gasteiger partial charge in [-0.05, 0) is 37.5 Å². The fraction of sp³-hybridized carbons (Fsp3) is 0.933. The predicted molar refractivity (Wildman–Crippen MR) is 72.8 cm³/mol. The Labute approximate surface area is 107 Å². The van der Waals surface area contributed by atoms with Crippen molar-refractivity contribution in [3.8, 4) is 0 Å². The third-order valence-electron chi connectivity index (χ3n) is 3.72. The van der Waals surface area contributed by atoms with Gasteiger partial charge in [-0.25, -0.2) is 0 Å². The highest BCUT2D eigenvalue weighted by atomic mass is 16.2. The van der Waals surface area contributed by atoms with E-state index in [2.05, 4.69) is 32.6 Å². The van der Waals surface area contributed by atoms with Crippen LogP contribution in [0, 0.1) is 17.8 Å². The molecule has 0 aromatic heterocycles. The Kier molecular flexibility index (Phi) is 6.01. The largest absolute Gasteiger partial charge is 0.342 e. The van der Waals surface area contributed by atoms with Crippen molar-refractivity contribution in [2.24, 2.45) is 17.8 Å². The van der Waals surface area contributed by atoms with Crippen molar-refractivity contribution in [3.05, 3.63) is 0 Å². The fourth-order valence-electron chi connectivity index (χ4n) is 2.07.